The van der Waals surface area contributed by atoms with Gasteiger partial charge in [0.05, 0.1) is 0 Å². The van der Waals surface area contributed by atoms with E-state index in [-0.39, 0.29) is 5.91 Å². The maximum atomic E-state index is 12.6. The molecule has 0 radical (unpaired) electrons. The number of anilines is 2. The molecule has 0 aliphatic heterocycles. The van der Waals surface area contributed by atoms with Crippen LogP contribution in [0.1, 0.15) is 27.4 Å². The summed E-state index contributed by atoms with van der Waals surface area (Å²) in [6, 6.07) is 7.61. The highest BCUT2D eigenvalue weighted by atomic mass is 16.1. The number of benzene rings is 1. The number of carbonyl (C=O) groups is 1. The van der Waals surface area contributed by atoms with Gasteiger partial charge in [0.25, 0.3) is 5.91 Å². The molecule has 0 fully saturated rings. The van der Waals surface area contributed by atoms with Crippen molar-refractivity contribution in [3.8, 4) is 0 Å². The first-order chi connectivity index (χ1) is 11.4. The van der Waals surface area contributed by atoms with E-state index in [1.165, 1.54) is 0 Å². The second kappa shape index (κ2) is 7.88. The lowest BCUT2D eigenvalue weighted by Crippen LogP contribution is -2.22. The van der Waals surface area contributed by atoms with Crippen molar-refractivity contribution >= 4 is 17.4 Å². The number of likely N-dealkylation sites (N-methyl/N-ethyl adjacent to an activating group) is 1. The maximum Gasteiger partial charge on any atom is 0.274 e. The molecule has 1 aromatic heterocycles. The van der Waals surface area contributed by atoms with Crippen LogP contribution >= 0.6 is 0 Å². The average molecular weight is 327 g/mol. The fourth-order valence-corrected chi connectivity index (χ4v) is 2.37. The summed E-state index contributed by atoms with van der Waals surface area (Å²) in [5.74, 6) is 1.00. The summed E-state index contributed by atoms with van der Waals surface area (Å²) in [5, 5.41) is 6.18. The molecule has 2 N–H and O–H groups in total. The fraction of sp³-hybridized carbons (Fsp3) is 0.389. The van der Waals surface area contributed by atoms with Gasteiger partial charge < -0.3 is 15.5 Å². The van der Waals surface area contributed by atoms with Crippen molar-refractivity contribution in [2.45, 2.75) is 20.8 Å². The van der Waals surface area contributed by atoms with E-state index in [1.54, 1.807) is 13.0 Å². The summed E-state index contributed by atoms with van der Waals surface area (Å²) >= 11 is 0. The quantitative estimate of drug-likeness (QED) is 0.853. The van der Waals surface area contributed by atoms with Gasteiger partial charge in [0, 0.05) is 24.8 Å². The predicted octanol–water partition coefficient (Wildman–Crippen LogP) is 2.63. The van der Waals surface area contributed by atoms with Gasteiger partial charge in [-0.2, -0.15) is 0 Å². The molecule has 6 nitrogen and oxygen atoms in total. The minimum Gasteiger partial charge on any atom is -0.369 e. The van der Waals surface area contributed by atoms with E-state index in [1.807, 2.05) is 46.1 Å². The first-order valence-electron chi connectivity index (χ1n) is 7.98. The second-order valence-corrected chi connectivity index (χ2v) is 6.14. The molecular weight excluding hydrogens is 302 g/mol. The van der Waals surface area contributed by atoms with Crippen molar-refractivity contribution in [1.82, 2.24) is 14.9 Å². The van der Waals surface area contributed by atoms with Crippen LogP contribution in [-0.2, 0) is 0 Å². The molecule has 0 saturated carbocycles. The van der Waals surface area contributed by atoms with Crippen LogP contribution in [0.25, 0.3) is 0 Å². The van der Waals surface area contributed by atoms with Crippen LogP contribution in [0.15, 0.2) is 24.3 Å². The Balaban J connectivity index is 2.15. The smallest absolute Gasteiger partial charge is 0.274 e. The zero-order chi connectivity index (χ0) is 17.7. The highest BCUT2D eigenvalue weighted by Gasteiger charge is 2.13. The van der Waals surface area contributed by atoms with Crippen molar-refractivity contribution < 1.29 is 4.79 Å². The van der Waals surface area contributed by atoms with E-state index >= 15 is 0 Å². The molecule has 2 rings (SSSR count). The van der Waals surface area contributed by atoms with Crippen LogP contribution in [0.2, 0.25) is 0 Å². The molecule has 0 aliphatic rings. The predicted molar refractivity (Wildman–Crippen MR) is 97.7 cm³/mol. The normalized spacial score (nSPS) is 10.8. The van der Waals surface area contributed by atoms with Gasteiger partial charge >= 0.3 is 0 Å². The minimum atomic E-state index is -0.228. The molecule has 6 heteroatoms. The molecular formula is C18H25N5O. The van der Waals surface area contributed by atoms with Crippen LogP contribution in [0, 0.1) is 20.8 Å². The number of hydrogen-bond donors (Lipinski definition) is 2. The second-order valence-electron chi connectivity index (χ2n) is 6.14. The van der Waals surface area contributed by atoms with Gasteiger partial charge in [-0.25, -0.2) is 9.97 Å². The zero-order valence-corrected chi connectivity index (χ0v) is 15.0. The monoisotopic (exact) mass is 327 g/mol. The number of amides is 1. The van der Waals surface area contributed by atoms with E-state index in [0.29, 0.717) is 17.3 Å². The fourth-order valence-electron chi connectivity index (χ4n) is 2.37. The van der Waals surface area contributed by atoms with Gasteiger partial charge in [0.15, 0.2) is 0 Å². The molecule has 24 heavy (non-hydrogen) atoms. The third-order valence-corrected chi connectivity index (χ3v) is 3.66. The summed E-state index contributed by atoms with van der Waals surface area (Å²) in [7, 11) is 4.02. The Bertz CT molecular complexity index is 707. The van der Waals surface area contributed by atoms with E-state index < -0.39 is 0 Å². The summed E-state index contributed by atoms with van der Waals surface area (Å²) in [6.45, 7) is 7.37. The van der Waals surface area contributed by atoms with Crippen LogP contribution in [0.5, 0.6) is 0 Å². The van der Waals surface area contributed by atoms with Gasteiger partial charge in [0.1, 0.15) is 17.3 Å². The van der Waals surface area contributed by atoms with E-state index in [4.69, 9.17) is 0 Å². The third-order valence-electron chi connectivity index (χ3n) is 3.66. The van der Waals surface area contributed by atoms with E-state index in [9.17, 15) is 4.79 Å². The molecule has 128 valence electrons. The van der Waals surface area contributed by atoms with Gasteiger partial charge in [0.2, 0.25) is 0 Å². The van der Waals surface area contributed by atoms with Crippen molar-refractivity contribution in [3.63, 3.8) is 0 Å². The van der Waals surface area contributed by atoms with Gasteiger partial charge in [-0.05, 0) is 46.0 Å². The molecule has 0 spiro atoms. The summed E-state index contributed by atoms with van der Waals surface area (Å²) in [5.41, 5.74) is 3.25. The molecule has 1 heterocycles. The molecule has 0 aliphatic carbocycles. The number of nitrogens with one attached hydrogen (secondary N) is 2. The Kier molecular flexibility index (Phi) is 5.87. The van der Waals surface area contributed by atoms with Gasteiger partial charge in [-0.3, -0.25) is 4.79 Å². The summed E-state index contributed by atoms with van der Waals surface area (Å²) in [6.07, 6.45) is 0. The van der Waals surface area contributed by atoms with Crippen LogP contribution in [0.3, 0.4) is 0 Å². The summed E-state index contributed by atoms with van der Waals surface area (Å²) in [4.78, 5) is 23.2. The molecule has 0 atom stereocenters. The Morgan fingerprint density at radius 3 is 2.42 bits per heavy atom. The molecule has 2 aromatic rings. The van der Waals surface area contributed by atoms with E-state index in [2.05, 4.69) is 25.5 Å². The lowest BCUT2D eigenvalue weighted by Gasteiger charge is -2.13. The molecule has 0 unspecified atom stereocenters. The summed E-state index contributed by atoms with van der Waals surface area (Å²) < 4.78 is 0. The third kappa shape index (κ3) is 4.76. The number of carbonyl (C=O) groups excluding carboxylic acids is 1. The highest BCUT2D eigenvalue weighted by Crippen LogP contribution is 2.20. The zero-order valence-electron chi connectivity index (χ0n) is 15.0. The Labute approximate surface area is 143 Å². The standard InChI is InChI=1S/C18H25N5O/c1-12-7-6-8-13(2)17(12)22-18(24)15-11-16(21-14(3)20-15)19-9-10-23(4)5/h6-8,11H,9-10H2,1-5H3,(H,22,24)(H,19,20,21). The van der Waals surface area contributed by atoms with Crippen molar-refractivity contribution in [2.75, 3.05) is 37.8 Å². The number of aryl methyl sites for hydroxylation is 3. The van der Waals surface area contributed by atoms with Crippen molar-refractivity contribution in [3.05, 3.63) is 46.9 Å². The average Bonchev–Trinajstić information content (AvgIpc) is 2.50. The molecule has 1 aromatic carbocycles. The topological polar surface area (TPSA) is 70.2 Å². The first kappa shape index (κ1) is 17.9. The van der Waals surface area contributed by atoms with Crippen molar-refractivity contribution in [2.24, 2.45) is 0 Å². The molecule has 1 amide bonds. The largest absolute Gasteiger partial charge is 0.369 e. The number of para-hydroxylation sites is 1. The molecule has 0 saturated heterocycles. The number of nitrogens with zero attached hydrogens (tertiary/aromatic N) is 3. The first-order valence-corrected chi connectivity index (χ1v) is 7.98. The lowest BCUT2D eigenvalue weighted by molar-refractivity contribution is 0.102. The van der Waals surface area contributed by atoms with Crippen molar-refractivity contribution in [1.29, 1.82) is 0 Å². The maximum absolute atomic E-state index is 12.6. The molecule has 0 bridgehead atoms. The Morgan fingerprint density at radius 2 is 1.79 bits per heavy atom. The Morgan fingerprint density at radius 1 is 1.12 bits per heavy atom. The SMILES string of the molecule is Cc1nc(NCCN(C)C)cc(C(=O)Nc2c(C)cccc2C)n1. The number of rotatable bonds is 6. The van der Waals surface area contributed by atoms with Gasteiger partial charge in [-0.15, -0.1) is 0 Å². The van der Waals surface area contributed by atoms with Crippen LogP contribution in [-0.4, -0.2) is 48.0 Å². The minimum absolute atomic E-state index is 0.228. The highest BCUT2D eigenvalue weighted by molar-refractivity contribution is 6.04. The number of aromatic nitrogens is 2. The van der Waals surface area contributed by atoms with Gasteiger partial charge in [-0.1, -0.05) is 18.2 Å². The number of hydrogen-bond acceptors (Lipinski definition) is 5. The lowest BCUT2D eigenvalue weighted by atomic mass is 10.1. The van der Waals surface area contributed by atoms with Crippen LogP contribution in [0.4, 0.5) is 11.5 Å². The van der Waals surface area contributed by atoms with Crippen LogP contribution < -0.4 is 10.6 Å². The Hall–Kier alpha value is -2.47. The van der Waals surface area contributed by atoms with E-state index in [0.717, 1.165) is 29.9 Å².